The number of carboxylic acids is 1. The Bertz CT molecular complexity index is 1280. The summed E-state index contributed by atoms with van der Waals surface area (Å²) >= 11 is 4.15. The van der Waals surface area contributed by atoms with Gasteiger partial charge in [-0.2, -0.15) is 0 Å². The topological polar surface area (TPSA) is 176 Å². The third kappa shape index (κ3) is 5.44. The minimum absolute atomic E-state index is 0.0480. The number of aryl methyl sites for hydroxylation is 1. The number of phenolic OH excluding ortho intramolecular Hbond substituents is 1. The monoisotopic (exact) mass is 569 g/mol. The zero-order chi connectivity index (χ0) is 26.1. The van der Waals surface area contributed by atoms with Crippen LogP contribution >= 0.6 is 34.9 Å². The number of carboxylic acid groups (broad SMARTS) is 1. The molecule has 5 N–H and O–H groups in total. The molecule has 36 heavy (non-hydrogen) atoms. The molecule has 4 rings (SSSR count). The van der Waals surface area contributed by atoms with Crippen LogP contribution in [0.15, 0.2) is 33.8 Å². The lowest BCUT2D eigenvalue weighted by atomic mass is 10.0. The fraction of sp³-hybridized carbons (Fsp3) is 0.381. The molecule has 3 heterocycles. The summed E-state index contributed by atoms with van der Waals surface area (Å²) in [6, 6.07) is 2.33. The first-order valence-electron chi connectivity index (χ1n) is 10.6. The lowest BCUT2D eigenvalue weighted by Crippen LogP contribution is -2.71. The van der Waals surface area contributed by atoms with Crippen molar-refractivity contribution in [3.8, 4) is 5.75 Å². The number of nitrogens with two attached hydrogens (primary N) is 1. The van der Waals surface area contributed by atoms with E-state index < -0.39 is 46.0 Å². The van der Waals surface area contributed by atoms with Gasteiger partial charge in [0.05, 0.1) is 5.75 Å². The van der Waals surface area contributed by atoms with Gasteiger partial charge in [-0.3, -0.25) is 18.7 Å². The molecule has 0 spiro atoms. The van der Waals surface area contributed by atoms with E-state index in [0.29, 0.717) is 32.5 Å². The number of nitrogens with zero attached hydrogens (tertiary/aromatic N) is 3. The number of amides is 2. The predicted molar refractivity (Wildman–Crippen MR) is 138 cm³/mol. The van der Waals surface area contributed by atoms with Gasteiger partial charge in [0.25, 0.3) is 5.91 Å². The van der Waals surface area contributed by atoms with Crippen LogP contribution in [-0.2, 0) is 30.9 Å². The van der Waals surface area contributed by atoms with Crippen molar-refractivity contribution in [2.75, 3.05) is 17.8 Å². The van der Waals surface area contributed by atoms with Crippen molar-refractivity contribution < 1.29 is 28.8 Å². The fourth-order valence-corrected chi connectivity index (χ4v) is 7.78. The van der Waals surface area contributed by atoms with E-state index in [9.17, 15) is 28.8 Å². The van der Waals surface area contributed by atoms with Gasteiger partial charge >= 0.3 is 5.97 Å². The van der Waals surface area contributed by atoms with Crippen LogP contribution in [0.25, 0.3) is 0 Å². The van der Waals surface area contributed by atoms with Crippen LogP contribution in [0.2, 0.25) is 0 Å². The molecule has 15 heteroatoms. The first-order valence-corrected chi connectivity index (χ1v) is 15.1. The zero-order valence-electron chi connectivity index (χ0n) is 19.2. The molecule has 0 bridgehead atoms. The van der Waals surface area contributed by atoms with Crippen LogP contribution in [-0.4, -0.2) is 76.5 Å². The Morgan fingerprint density at radius 1 is 1.39 bits per heavy atom. The SMILES string of the molecule is Cc1nnc(SCC2=C(C(=O)O)N3C(=O)C(NC(=O)C(N)c4ccc(O)c(CS(C)=O)c4)C3SC2)s1. The van der Waals surface area contributed by atoms with Crippen LogP contribution < -0.4 is 11.1 Å². The van der Waals surface area contributed by atoms with Crippen LogP contribution in [0.5, 0.6) is 5.75 Å². The number of benzene rings is 1. The highest BCUT2D eigenvalue weighted by atomic mass is 32.2. The summed E-state index contributed by atoms with van der Waals surface area (Å²) in [7, 11) is -1.21. The number of carbonyl (C=O) groups is 3. The molecule has 2 aromatic rings. The molecule has 11 nitrogen and oxygen atoms in total. The van der Waals surface area contributed by atoms with E-state index in [-0.39, 0.29) is 17.2 Å². The van der Waals surface area contributed by atoms with Gasteiger partial charge in [0, 0.05) is 34.1 Å². The Morgan fingerprint density at radius 3 is 2.78 bits per heavy atom. The molecule has 2 amide bonds. The van der Waals surface area contributed by atoms with E-state index >= 15 is 0 Å². The van der Waals surface area contributed by atoms with Crippen molar-refractivity contribution in [1.82, 2.24) is 20.4 Å². The van der Waals surface area contributed by atoms with Gasteiger partial charge in [0.1, 0.15) is 33.9 Å². The number of aliphatic carboxylic acids is 1. The van der Waals surface area contributed by atoms with Crippen LogP contribution in [0.1, 0.15) is 22.2 Å². The van der Waals surface area contributed by atoms with Gasteiger partial charge in [-0.25, -0.2) is 4.79 Å². The summed E-state index contributed by atoms with van der Waals surface area (Å²) in [5.74, 6) is -1.55. The molecule has 0 radical (unpaired) electrons. The van der Waals surface area contributed by atoms with E-state index in [4.69, 9.17) is 5.73 Å². The highest BCUT2D eigenvalue weighted by molar-refractivity contribution is 8.01. The molecular formula is C21H23N5O6S4. The van der Waals surface area contributed by atoms with Gasteiger partial charge < -0.3 is 21.3 Å². The maximum atomic E-state index is 12.9. The molecule has 1 aromatic carbocycles. The standard InChI is InChI=1S/C21H23N5O6S4/c1-9-24-25-21(35-9)34-7-12-6-33-19-15(18(29)26(19)16(12)20(30)31)23-17(28)14(22)10-3-4-13(27)11(5-10)8-36(2)32/h3-5,14-15,19,27H,6-8,22H2,1-2H3,(H,23,28)(H,30,31). The summed E-state index contributed by atoms with van der Waals surface area (Å²) in [6.07, 6.45) is 1.50. The third-order valence-electron chi connectivity index (χ3n) is 5.53. The molecule has 1 saturated heterocycles. The van der Waals surface area contributed by atoms with Gasteiger partial charge in [-0.15, -0.1) is 22.0 Å². The quantitative estimate of drug-likeness (QED) is 0.250. The van der Waals surface area contributed by atoms with Gasteiger partial charge in [0.15, 0.2) is 4.34 Å². The van der Waals surface area contributed by atoms with E-state index in [1.807, 2.05) is 6.92 Å². The van der Waals surface area contributed by atoms with Gasteiger partial charge in [0.2, 0.25) is 5.91 Å². The normalized spacial score (nSPS) is 21.0. The summed E-state index contributed by atoms with van der Waals surface area (Å²) < 4.78 is 12.3. The largest absolute Gasteiger partial charge is 0.508 e. The van der Waals surface area contributed by atoms with Crippen LogP contribution in [0.4, 0.5) is 0 Å². The molecule has 4 unspecified atom stereocenters. The summed E-state index contributed by atoms with van der Waals surface area (Å²) in [4.78, 5) is 39.0. The van der Waals surface area contributed by atoms with Gasteiger partial charge in [-0.05, 0) is 30.2 Å². The van der Waals surface area contributed by atoms with Crippen molar-refractivity contribution in [3.05, 3.63) is 45.6 Å². The number of phenols is 1. The second-order valence-corrected chi connectivity index (χ2v) is 13.1. The second kappa shape index (κ2) is 10.9. The Labute approximate surface area is 221 Å². The molecule has 2 aliphatic heterocycles. The molecular weight excluding hydrogens is 547 g/mol. The fourth-order valence-electron chi connectivity index (χ4n) is 3.81. The first kappa shape index (κ1) is 26.6. The average Bonchev–Trinajstić information content (AvgIpc) is 3.25. The molecule has 1 aromatic heterocycles. The van der Waals surface area contributed by atoms with Crippen molar-refractivity contribution in [2.24, 2.45) is 5.73 Å². The molecule has 0 aliphatic carbocycles. The average molecular weight is 570 g/mol. The van der Waals surface area contributed by atoms with Crippen molar-refractivity contribution in [3.63, 3.8) is 0 Å². The number of aromatic hydroxyl groups is 1. The summed E-state index contributed by atoms with van der Waals surface area (Å²) in [5, 5.41) is 30.7. The first-order chi connectivity index (χ1) is 17.1. The molecule has 1 fully saturated rings. The van der Waals surface area contributed by atoms with Crippen molar-refractivity contribution in [1.29, 1.82) is 0 Å². The third-order valence-corrected chi connectivity index (χ3v) is 9.64. The Kier molecular flexibility index (Phi) is 8.04. The molecule has 0 saturated carbocycles. The highest BCUT2D eigenvalue weighted by Crippen LogP contribution is 2.42. The molecule has 4 atom stereocenters. The van der Waals surface area contributed by atoms with E-state index in [0.717, 1.165) is 5.01 Å². The second-order valence-electron chi connectivity index (χ2n) is 8.11. The molecule has 192 valence electrons. The van der Waals surface area contributed by atoms with Crippen LogP contribution in [0, 0.1) is 6.92 Å². The van der Waals surface area contributed by atoms with E-state index in [1.165, 1.54) is 64.2 Å². The number of β-lactam (4-membered cyclic amide) rings is 1. The maximum absolute atomic E-state index is 12.9. The minimum Gasteiger partial charge on any atom is -0.508 e. The van der Waals surface area contributed by atoms with E-state index in [2.05, 4.69) is 15.5 Å². The van der Waals surface area contributed by atoms with Crippen molar-refractivity contribution >= 4 is 63.4 Å². The number of rotatable bonds is 9. The smallest absolute Gasteiger partial charge is 0.352 e. The number of hydrogen-bond acceptors (Lipinski definition) is 11. The number of carbonyl (C=O) groups excluding carboxylic acids is 2. The van der Waals surface area contributed by atoms with E-state index in [1.54, 1.807) is 0 Å². The lowest BCUT2D eigenvalue weighted by Gasteiger charge is -2.49. The van der Waals surface area contributed by atoms with Crippen LogP contribution in [0.3, 0.4) is 0 Å². The maximum Gasteiger partial charge on any atom is 0.352 e. The number of thioether (sulfide) groups is 2. The lowest BCUT2D eigenvalue weighted by molar-refractivity contribution is -0.150. The highest BCUT2D eigenvalue weighted by Gasteiger charge is 2.54. The predicted octanol–water partition coefficient (Wildman–Crippen LogP) is 0.961. The zero-order valence-corrected chi connectivity index (χ0v) is 22.4. The Balaban J connectivity index is 1.45. The number of fused-ring (bicyclic) bond motifs is 1. The van der Waals surface area contributed by atoms with Crippen molar-refractivity contribution in [2.45, 2.75) is 34.5 Å². The van der Waals surface area contributed by atoms with Gasteiger partial charge in [-0.1, -0.05) is 29.2 Å². The Hall–Kier alpha value is -2.46. The summed E-state index contributed by atoms with van der Waals surface area (Å²) in [5.41, 5.74) is 7.43. The number of hydrogen-bond donors (Lipinski definition) is 4. The number of aromatic nitrogens is 2. The minimum atomic E-state index is -1.21. The summed E-state index contributed by atoms with van der Waals surface area (Å²) in [6.45, 7) is 1.83. The Morgan fingerprint density at radius 2 is 2.14 bits per heavy atom. The number of nitrogens with one attached hydrogen (secondary N) is 1. The molecule has 2 aliphatic rings.